The Bertz CT molecular complexity index is 947. The summed E-state index contributed by atoms with van der Waals surface area (Å²) in [4.78, 5) is 15.5. The Kier molecular flexibility index (Phi) is 4.94. The molecule has 1 unspecified atom stereocenters. The average Bonchev–Trinajstić information content (AvgIpc) is 2.97. The first-order valence-electron chi connectivity index (χ1n) is 7.39. The Morgan fingerprint density at radius 2 is 1.96 bits per heavy atom. The molecule has 1 atom stereocenters. The quantitative estimate of drug-likeness (QED) is 0.655. The number of rotatable bonds is 5. The highest BCUT2D eigenvalue weighted by Gasteiger charge is 2.18. The van der Waals surface area contributed by atoms with Gasteiger partial charge < -0.3 is 15.2 Å². The maximum absolute atomic E-state index is 14.1. The van der Waals surface area contributed by atoms with Gasteiger partial charge in [0.2, 0.25) is 11.8 Å². The van der Waals surface area contributed by atoms with E-state index >= 15 is 0 Å². The fourth-order valence-corrected chi connectivity index (χ4v) is 2.34. The largest absolute Gasteiger partial charge is 0.346 e. The van der Waals surface area contributed by atoms with Gasteiger partial charge in [0.25, 0.3) is 0 Å². The van der Waals surface area contributed by atoms with E-state index in [2.05, 4.69) is 30.6 Å². The molecule has 0 spiro atoms. The Morgan fingerprint density at radius 1 is 1.19 bits per heavy atom. The number of hydrogen-bond acceptors (Lipinski definition) is 6. The molecule has 11 heteroatoms. The lowest BCUT2D eigenvalue weighted by Crippen LogP contribution is -2.14. The van der Waals surface area contributed by atoms with E-state index in [1.54, 1.807) is 24.7 Å². The number of imidazole rings is 1. The van der Waals surface area contributed by atoms with E-state index in [4.69, 9.17) is 11.6 Å². The van der Waals surface area contributed by atoms with Gasteiger partial charge in [0, 0.05) is 19.3 Å². The number of nitrogens with one attached hydrogen (secondary N) is 2. The molecule has 0 aromatic carbocycles. The van der Waals surface area contributed by atoms with Crippen LogP contribution in [0.3, 0.4) is 0 Å². The number of anilines is 3. The summed E-state index contributed by atoms with van der Waals surface area (Å²) in [6, 6.07) is -0.00704. The SMILES string of the molecule is CC(Nc1nc(Cl)c(F)c(Nc2cn(C)cn2)n1)c1ncc(F)cc1F. The molecule has 3 heterocycles. The molecular weight excluding hydrogens is 371 g/mol. The predicted octanol–water partition coefficient (Wildman–Crippen LogP) is 3.59. The summed E-state index contributed by atoms with van der Waals surface area (Å²) in [6.45, 7) is 1.57. The summed E-state index contributed by atoms with van der Waals surface area (Å²) < 4.78 is 42.6. The summed E-state index contributed by atoms with van der Waals surface area (Å²) in [5.74, 6) is -2.39. The van der Waals surface area contributed by atoms with Crippen LogP contribution in [-0.4, -0.2) is 24.5 Å². The molecule has 0 fully saturated rings. The van der Waals surface area contributed by atoms with Gasteiger partial charge in [-0.3, -0.25) is 4.98 Å². The first-order chi connectivity index (χ1) is 12.3. The fraction of sp³-hybridized carbons (Fsp3) is 0.200. The van der Waals surface area contributed by atoms with Gasteiger partial charge in [0.05, 0.1) is 24.3 Å². The van der Waals surface area contributed by atoms with Crippen LogP contribution in [-0.2, 0) is 7.05 Å². The molecule has 26 heavy (non-hydrogen) atoms. The van der Waals surface area contributed by atoms with E-state index in [-0.39, 0.29) is 17.5 Å². The molecule has 136 valence electrons. The maximum Gasteiger partial charge on any atom is 0.226 e. The molecule has 0 amide bonds. The lowest BCUT2D eigenvalue weighted by atomic mass is 10.2. The minimum atomic E-state index is -0.860. The second-order valence-corrected chi connectivity index (χ2v) is 5.79. The van der Waals surface area contributed by atoms with Crippen LogP contribution < -0.4 is 10.6 Å². The van der Waals surface area contributed by atoms with Crippen molar-refractivity contribution >= 4 is 29.2 Å². The second-order valence-electron chi connectivity index (χ2n) is 5.44. The molecule has 3 aromatic rings. The number of halogens is 4. The number of hydrogen-bond donors (Lipinski definition) is 2. The van der Waals surface area contributed by atoms with E-state index in [1.807, 2.05) is 0 Å². The van der Waals surface area contributed by atoms with E-state index in [9.17, 15) is 13.2 Å². The first kappa shape index (κ1) is 17.9. The normalized spacial score (nSPS) is 12.1. The smallest absolute Gasteiger partial charge is 0.226 e. The molecule has 3 aromatic heterocycles. The van der Waals surface area contributed by atoms with Gasteiger partial charge >= 0.3 is 0 Å². The Labute approximate surface area is 151 Å². The summed E-state index contributed by atoms with van der Waals surface area (Å²) in [7, 11) is 1.75. The van der Waals surface area contributed by atoms with Crippen molar-refractivity contribution in [1.82, 2.24) is 24.5 Å². The van der Waals surface area contributed by atoms with Gasteiger partial charge in [0.1, 0.15) is 17.5 Å². The first-order valence-corrected chi connectivity index (χ1v) is 7.76. The Balaban J connectivity index is 1.85. The molecular formula is C15H13ClF3N7. The molecule has 0 saturated heterocycles. The maximum atomic E-state index is 14.1. The van der Waals surface area contributed by atoms with Crippen molar-refractivity contribution in [3.8, 4) is 0 Å². The molecule has 2 N–H and O–H groups in total. The molecule has 7 nitrogen and oxygen atoms in total. The minimum absolute atomic E-state index is 0.0466. The van der Waals surface area contributed by atoms with Crippen molar-refractivity contribution in [2.45, 2.75) is 13.0 Å². The third kappa shape index (κ3) is 3.85. The number of aromatic nitrogens is 5. The third-order valence-electron chi connectivity index (χ3n) is 3.35. The van der Waals surface area contributed by atoms with E-state index in [0.717, 1.165) is 6.20 Å². The second kappa shape index (κ2) is 7.16. The minimum Gasteiger partial charge on any atom is -0.346 e. The van der Waals surface area contributed by atoms with Crippen LogP contribution in [0.25, 0.3) is 0 Å². The zero-order valence-corrected chi connectivity index (χ0v) is 14.4. The van der Waals surface area contributed by atoms with Crippen molar-refractivity contribution in [3.05, 3.63) is 53.1 Å². The third-order valence-corrected chi connectivity index (χ3v) is 3.60. The summed E-state index contributed by atoms with van der Waals surface area (Å²) in [5, 5.41) is 5.01. The van der Waals surface area contributed by atoms with Crippen molar-refractivity contribution < 1.29 is 13.2 Å². The molecule has 0 saturated carbocycles. The van der Waals surface area contributed by atoms with Crippen LogP contribution in [0.2, 0.25) is 5.15 Å². The standard InChI is InChI=1S/C15H13ClF3N7/c1-7(12-9(18)3-8(17)4-20-12)22-15-24-13(16)11(19)14(25-15)23-10-5-26(2)6-21-10/h3-7H,1-2H3,(H2,22,23,24,25). The van der Waals surface area contributed by atoms with Gasteiger partial charge in [0.15, 0.2) is 11.0 Å². The zero-order valence-electron chi connectivity index (χ0n) is 13.6. The van der Waals surface area contributed by atoms with Gasteiger partial charge in [-0.2, -0.15) is 14.4 Å². The average molecular weight is 384 g/mol. The van der Waals surface area contributed by atoms with E-state index in [0.29, 0.717) is 11.9 Å². The zero-order chi connectivity index (χ0) is 18.8. The molecule has 0 radical (unpaired) electrons. The molecule has 0 aliphatic rings. The van der Waals surface area contributed by atoms with Crippen LogP contribution in [0, 0.1) is 17.5 Å². The topological polar surface area (TPSA) is 80.5 Å². The van der Waals surface area contributed by atoms with Crippen LogP contribution in [0.5, 0.6) is 0 Å². The fourth-order valence-electron chi connectivity index (χ4n) is 2.17. The monoisotopic (exact) mass is 383 g/mol. The van der Waals surface area contributed by atoms with Crippen LogP contribution in [0.4, 0.5) is 30.8 Å². The lowest BCUT2D eigenvalue weighted by Gasteiger charge is -2.15. The van der Waals surface area contributed by atoms with Gasteiger partial charge in [-0.05, 0) is 6.92 Å². The number of nitrogens with zero attached hydrogens (tertiary/aromatic N) is 5. The Morgan fingerprint density at radius 3 is 2.62 bits per heavy atom. The van der Waals surface area contributed by atoms with Gasteiger partial charge in [-0.25, -0.2) is 13.8 Å². The van der Waals surface area contributed by atoms with Crippen LogP contribution in [0.1, 0.15) is 18.7 Å². The van der Waals surface area contributed by atoms with Crippen molar-refractivity contribution in [2.24, 2.45) is 7.05 Å². The molecule has 3 rings (SSSR count). The lowest BCUT2D eigenvalue weighted by molar-refractivity contribution is 0.549. The van der Waals surface area contributed by atoms with Gasteiger partial charge in [-0.1, -0.05) is 11.6 Å². The number of pyridine rings is 1. The van der Waals surface area contributed by atoms with Crippen molar-refractivity contribution in [3.63, 3.8) is 0 Å². The highest BCUT2D eigenvalue weighted by atomic mass is 35.5. The Hall–Kier alpha value is -2.88. The van der Waals surface area contributed by atoms with E-state index in [1.165, 1.54) is 6.33 Å². The highest BCUT2D eigenvalue weighted by Crippen LogP contribution is 2.25. The summed E-state index contributed by atoms with van der Waals surface area (Å²) >= 11 is 5.80. The molecule has 0 aliphatic heterocycles. The van der Waals surface area contributed by atoms with E-state index < -0.39 is 28.6 Å². The predicted molar refractivity (Wildman–Crippen MR) is 89.7 cm³/mol. The van der Waals surface area contributed by atoms with Crippen LogP contribution in [0.15, 0.2) is 24.8 Å². The highest BCUT2D eigenvalue weighted by molar-refractivity contribution is 6.29. The number of aryl methyl sites for hydroxylation is 1. The van der Waals surface area contributed by atoms with Crippen LogP contribution >= 0.6 is 11.6 Å². The van der Waals surface area contributed by atoms with Crippen molar-refractivity contribution in [2.75, 3.05) is 10.6 Å². The molecule has 0 bridgehead atoms. The summed E-state index contributed by atoms with van der Waals surface area (Å²) in [5.41, 5.74) is -0.0466. The van der Waals surface area contributed by atoms with Crippen molar-refractivity contribution in [1.29, 1.82) is 0 Å². The molecule has 0 aliphatic carbocycles. The summed E-state index contributed by atoms with van der Waals surface area (Å²) in [6.07, 6.45) is 4.03. The van der Waals surface area contributed by atoms with Gasteiger partial charge in [-0.15, -0.1) is 0 Å².